The van der Waals surface area contributed by atoms with Crippen molar-refractivity contribution in [2.45, 2.75) is 45.6 Å². The van der Waals surface area contributed by atoms with Crippen LogP contribution in [0.25, 0.3) is 0 Å². The van der Waals surface area contributed by atoms with Crippen LogP contribution >= 0.6 is 0 Å². The van der Waals surface area contributed by atoms with Crippen LogP contribution in [-0.4, -0.2) is 6.04 Å². The molecule has 1 nitrogen and oxygen atoms in total. The van der Waals surface area contributed by atoms with Gasteiger partial charge in [0, 0.05) is 6.04 Å². The second-order valence-electron chi connectivity index (χ2n) is 3.41. The Bertz CT molecular complexity index is 99.0. The maximum absolute atomic E-state index is 5.84. The Morgan fingerprint density at radius 3 is 2.64 bits per heavy atom. The third kappa shape index (κ3) is 6.11. The highest BCUT2D eigenvalue weighted by molar-refractivity contribution is 4.76. The average Bonchev–Trinajstić information content (AvgIpc) is 1.87. The smallest absolute Gasteiger partial charge is 0.00758 e. The summed E-state index contributed by atoms with van der Waals surface area (Å²) in [6.45, 7) is 8.16. The van der Waals surface area contributed by atoms with Crippen LogP contribution in [0.5, 0.6) is 0 Å². The number of hydrogen-bond acceptors (Lipinski definition) is 1. The maximum Gasteiger partial charge on any atom is 0.00758 e. The van der Waals surface area contributed by atoms with Crippen molar-refractivity contribution < 1.29 is 0 Å². The summed E-state index contributed by atoms with van der Waals surface area (Å²) < 4.78 is 0. The van der Waals surface area contributed by atoms with Crippen molar-refractivity contribution in [3.8, 4) is 0 Å². The van der Waals surface area contributed by atoms with Crippen molar-refractivity contribution in [3.05, 3.63) is 12.7 Å². The SMILES string of the molecule is C=CCC(N)CC(C)CCC. The topological polar surface area (TPSA) is 26.0 Å². The fourth-order valence-corrected chi connectivity index (χ4v) is 1.44. The van der Waals surface area contributed by atoms with Gasteiger partial charge >= 0.3 is 0 Å². The third-order valence-corrected chi connectivity index (χ3v) is 1.96. The lowest BCUT2D eigenvalue weighted by atomic mass is 9.96. The molecular weight excluding hydrogens is 134 g/mol. The monoisotopic (exact) mass is 155 g/mol. The summed E-state index contributed by atoms with van der Waals surface area (Å²) in [5.41, 5.74) is 5.84. The molecule has 0 rings (SSSR count). The summed E-state index contributed by atoms with van der Waals surface area (Å²) in [6, 6.07) is 0.328. The van der Waals surface area contributed by atoms with Crippen LogP contribution in [0.4, 0.5) is 0 Å². The Kier molecular flexibility index (Phi) is 6.24. The minimum atomic E-state index is 0.328. The summed E-state index contributed by atoms with van der Waals surface area (Å²) in [5, 5.41) is 0. The molecule has 0 aliphatic heterocycles. The lowest BCUT2D eigenvalue weighted by Crippen LogP contribution is -2.21. The molecule has 11 heavy (non-hydrogen) atoms. The molecule has 0 saturated carbocycles. The second-order valence-corrected chi connectivity index (χ2v) is 3.41. The van der Waals surface area contributed by atoms with Crippen molar-refractivity contribution in [2.24, 2.45) is 11.7 Å². The van der Waals surface area contributed by atoms with E-state index in [0.717, 1.165) is 18.8 Å². The van der Waals surface area contributed by atoms with Crippen LogP contribution in [0.2, 0.25) is 0 Å². The van der Waals surface area contributed by atoms with Gasteiger partial charge in [-0.15, -0.1) is 6.58 Å². The van der Waals surface area contributed by atoms with Crippen molar-refractivity contribution in [3.63, 3.8) is 0 Å². The van der Waals surface area contributed by atoms with Crippen LogP contribution in [-0.2, 0) is 0 Å². The molecule has 0 radical (unpaired) electrons. The molecule has 0 aromatic heterocycles. The van der Waals surface area contributed by atoms with Gasteiger partial charge in [-0.2, -0.15) is 0 Å². The molecule has 0 aliphatic rings. The van der Waals surface area contributed by atoms with Gasteiger partial charge in [-0.3, -0.25) is 0 Å². The highest BCUT2D eigenvalue weighted by Crippen LogP contribution is 2.12. The Morgan fingerprint density at radius 1 is 1.55 bits per heavy atom. The first kappa shape index (κ1) is 10.7. The Hall–Kier alpha value is -0.300. The quantitative estimate of drug-likeness (QED) is 0.586. The first-order valence-electron chi connectivity index (χ1n) is 4.57. The minimum absolute atomic E-state index is 0.328. The van der Waals surface area contributed by atoms with E-state index in [9.17, 15) is 0 Å². The van der Waals surface area contributed by atoms with E-state index in [4.69, 9.17) is 5.73 Å². The molecule has 0 amide bonds. The number of nitrogens with two attached hydrogens (primary N) is 1. The molecule has 0 aliphatic carbocycles. The first-order chi connectivity index (χ1) is 5.20. The van der Waals surface area contributed by atoms with E-state index in [1.54, 1.807) is 0 Å². The van der Waals surface area contributed by atoms with Gasteiger partial charge in [0.1, 0.15) is 0 Å². The van der Waals surface area contributed by atoms with Crippen molar-refractivity contribution >= 4 is 0 Å². The van der Waals surface area contributed by atoms with Crippen molar-refractivity contribution in [1.82, 2.24) is 0 Å². The predicted octanol–water partition coefficient (Wildman–Crippen LogP) is 2.72. The molecule has 0 saturated heterocycles. The zero-order chi connectivity index (χ0) is 8.69. The molecule has 0 spiro atoms. The summed E-state index contributed by atoms with van der Waals surface area (Å²) in [4.78, 5) is 0. The van der Waals surface area contributed by atoms with Crippen molar-refractivity contribution in [1.29, 1.82) is 0 Å². The van der Waals surface area contributed by atoms with Crippen LogP contribution in [0.15, 0.2) is 12.7 Å². The van der Waals surface area contributed by atoms with Gasteiger partial charge in [0.05, 0.1) is 0 Å². The molecule has 2 atom stereocenters. The van der Waals surface area contributed by atoms with Gasteiger partial charge in [-0.1, -0.05) is 32.8 Å². The molecule has 0 heterocycles. The van der Waals surface area contributed by atoms with Crippen LogP contribution in [0, 0.1) is 5.92 Å². The predicted molar refractivity (Wildman–Crippen MR) is 51.5 cm³/mol. The van der Waals surface area contributed by atoms with E-state index < -0.39 is 0 Å². The average molecular weight is 155 g/mol. The second kappa shape index (κ2) is 6.41. The molecule has 0 aromatic carbocycles. The molecule has 1 heteroatoms. The highest BCUT2D eigenvalue weighted by atomic mass is 14.6. The maximum atomic E-state index is 5.84. The minimum Gasteiger partial charge on any atom is -0.327 e. The van der Waals surface area contributed by atoms with Gasteiger partial charge in [0.15, 0.2) is 0 Å². The number of hydrogen-bond donors (Lipinski definition) is 1. The fraction of sp³-hybridized carbons (Fsp3) is 0.800. The molecule has 66 valence electrons. The molecule has 0 bridgehead atoms. The van der Waals surface area contributed by atoms with Crippen LogP contribution in [0.1, 0.15) is 39.5 Å². The Labute approximate surface area is 70.7 Å². The zero-order valence-corrected chi connectivity index (χ0v) is 7.84. The standard InChI is InChI=1S/C10H21N/c1-4-6-9(3)8-10(11)7-5-2/h5,9-10H,2,4,6-8,11H2,1,3H3. The van der Waals surface area contributed by atoms with Crippen LogP contribution in [0.3, 0.4) is 0 Å². The van der Waals surface area contributed by atoms with E-state index in [1.165, 1.54) is 12.8 Å². The van der Waals surface area contributed by atoms with Gasteiger partial charge in [-0.05, 0) is 18.8 Å². The Balaban J connectivity index is 3.39. The molecule has 0 fully saturated rings. The molecule has 2 N–H and O–H groups in total. The van der Waals surface area contributed by atoms with Gasteiger partial charge in [-0.25, -0.2) is 0 Å². The molecular formula is C10H21N. The van der Waals surface area contributed by atoms with E-state index in [1.807, 2.05) is 6.08 Å². The largest absolute Gasteiger partial charge is 0.327 e. The van der Waals surface area contributed by atoms with E-state index in [2.05, 4.69) is 20.4 Å². The summed E-state index contributed by atoms with van der Waals surface area (Å²) >= 11 is 0. The lowest BCUT2D eigenvalue weighted by molar-refractivity contribution is 0.434. The molecule has 2 unspecified atom stereocenters. The number of rotatable bonds is 6. The van der Waals surface area contributed by atoms with E-state index in [-0.39, 0.29) is 0 Å². The third-order valence-electron chi connectivity index (χ3n) is 1.96. The first-order valence-corrected chi connectivity index (χ1v) is 4.57. The van der Waals surface area contributed by atoms with Crippen molar-refractivity contribution in [2.75, 3.05) is 0 Å². The summed E-state index contributed by atoms with van der Waals surface area (Å²) in [6.07, 6.45) is 6.56. The van der Waals surface area contributed by atoms with Gasteiger partial charge in [0.25, 0.3) is 0 Å². The van der Waals surface area contributed by atoms with E-state index in [0.29, 0.717) is 6.04 Å². The fourth-order valence-electron chi connectivity index (χ4n) is 1.44. The lowest BCUT2D eigenvalue weighted by Gasteiger charge is -2.14. The highest BCUT2D eigenvalue weighted by Gasteiger charge is 2.05. The normalized spacial score (nSPS) is 15.9. The van der Waals surface area contributed by atoms with Gasteiger partial charge in [0.2, 0.25) is 0 Å². The van der Waals surface area contributed by atoms with Crippen LogP contribution < -0.4 is 5.73 Å². The van der Waals surface area contributed by atoms with Gasteiger partial charge < -0.3 is 5.73 Å². The summed E-state index contributed by atoms with van der Waals surface area (Å²) in [5.74, 6) is 0.773. The molecule has 0 aromatic rings. The summed E-state index contributed by atoms with van der Waals surface area (Å²) in [7, 11) is 0. The Morgan fingerprint density at radius 2 is 2.18 bits per heavy atom. The zero-order valence-electron chi connectivity index (χ0n) is 7.84. The van der Waals surface area contributed by atoms with E-state index >= 15 is 0 Å².